The predicted molar refractivity (Wildman–Crippen MR) is 281 cm³/mol. The van der Waals surface area contributed by atoms with E-state index in [4.69, 9.17) is 19.2 Å². The molecule has 404 valence electrons. The third-order valence-corrected chi connectivity index (χ3v) is 14.2. The molecule has 0 aliphatic heterocycles. The fourth-order valence-electron chi connectivity index (χ4n) is 9.73. The summed E-state index contributed by atoms with van der Waals surface area (Å²) in [5, 5.41) is 0. The first kappa shape index (κ1) is 64.2. The molecule has 1 aliphatic carbocycles. The van der Waals surface area contributed by atoms with Gasteiger partial charge in [-0.3, -0.25) is 0 Å². The normalized spacial score (nSPS) is 15.5. The second kappa shape index (κ2) is 50.2. The lowest BCUT2D eigenvalue weighted by atomic mass is 9.75. The number of carbonyl (C=O) groups is 4. The minimum Gasteiger partial charge on any atom is -0.432 e. The highest BCUT2D eigenvalue weighted by Gasteiger charge is 2.34. The van der Waals surface area contributed by atoms with E-state index in [1.54, 1.807) is 0 Å². The largest absolute Gasteiger partial charge is 0.549 e. The Balaban J connectivity index is 2.10. The number of carbonyl (C=O) groups excluding carboxylic acids is 4. The van der Waals surface area contributed by atoms with Crippen LogP contribution in [0.4, 0.5) is 9.59 Å². The average molecular weight is 978 g/mol. The standard InChI is InChI=1S/C59H108O10/c1-4-7-10-13-15-17-19-21-23-25-27-29-31-33-38-43-50-64-58(62)68-66-56(60)47-42-37-35-36-40-45-53-48-49-54(46-41-12-9-6-3)55(52-53)57(61)67-69-59(63)65-51-44-39-34-32-30-28-26-24-22-20-18-16-14-11-8-5-2/h48-49,53-55H,4-47,50-52H2,1-3H3. The molecular weight excluding hydrogens is 869 g/mol. The van der Waals surface area contributed by atoms with Gasteiger partial charge in [-0.1, -0.05) is 277 Å². The monoisotopic (exact) mass is 977 g/mol. The molecule has 10 heteroatoms. The van der Waals surface area contributed by atoms with Crippen LogP contribution in [0.2, 0.25) is 0 Å². The molecule has 0 bridgehead atoms. The van der Waals surface area contributed by atoms with Gasteiger partial charge in [0, 0.05) is 0 Å². The zero-order valence-electron chi connectivity index (χ0n) is 45.2. The Hall–Kier alpha value is -2.78. The van der Waals surface area contributed by atoms with E-state index in [1.807, 2.05) is 0 Å². The number of hydrogen-bond donors (Lipinski definition) is 0. The van der Waals surface area contributed by atoms with Crippen molar-refractivity contribution < 1.29 is 48.2 Å². The van der Waals surface area contributed by atoms with Gasteiger partial charge in [-0.2, -0.15) is 9.59 Å². The van der Waals surface area contributed by atoms with Gasteiger partial charge in [0.1, 0.15) is 0 Å². The molecule has 3 atom stereocenters. The van der Waals surface area contributed by atoms with E-state index in [0.29, 0.717) is 12.8 Å². The predicted octanol–water partition coefficient (Wildman–Crippen LogP) is 19.2. The maximum absolute atomic E-state index is 13.3. The Morgan fingerprint density at radius 2 is 0.696 bits per heavy atom. The molecule has 0 saturated heterocycles. The molecular formula is C59H108O10. The molecule has 0 saturated carbocycles. The van der Waals surface area contributed by atoms with Gasteiger partial charge in [0.25, 0.3) is 0 Å². The first-order valence-corrected chi connectivity index (χ1v) is 29.7. The molecule has 0 N–H and O–H groups in total. The summed E-state index contributed by atoms with van der Waals surface area (Å²) >= 11 is 0. The van der Waals surface area contributed by atoms with Crippen molar-refractivity contribution in [3.63, 3.8) is 0 Å². The van der Waals surface area contributed by atoms with Gasteiger partial charge in [-0.15, -0.1) is 0 Å². The summed E-state index contributed by atoms with van der Waals surface area (Å²) in [6.07, 6.45) is 55.1. The summed E-state index contributed by atoms with van der Waals surface area (Å²) in [4.78, 5) is 68.6. The number of ether oxygens (including phenoxy) is 2. The summed E-state index contributed by atoms with van der Waals surface area (Å²) in [7, 11) is 0. The maximum Gasteiger partial charge on any atom is 0.549 e. The van der Waals surface area contributed by atoms with E-state index < -0.39 is 24.2 Å². The smallest absolute Gasteiger partial charge is 0.432 e. The second-order valence-corrected chi connectivity index (χ2v) is 20.6. The highest BCUT2D eigenvalue weighted by molar-refractivity contribution is 5.74. The molecule has 0 aromatic rings. The zero-order valence-corrected chi connectivity index (χ0v) is 45.2. The summed E-state index contributed by atoms with van der Waals surface area (Å²) in [5.74, 6) is -1.13. The Labute approximate surface area is 423 Å². The van der Waals surface area contributed by atoms with Crippen LogP contribution in [0, 0.1) is 17.8 Å². The van der Waals surface area contributed by atoms with Crippen molar-refractivity contribution in [1.29, 1.82) is 0 Å². The van der Waals surface area contributed by atoms with Crippen LogP contribution in [0.3, 0.4) is 0 Å². The number of unbranched alkanes of at least 4 members (excludes halogenated alkanes) is 37. The molecule has 1 aliphatic rings. The van der Waals surface area contributed by atoms with E-state index in [-0.39, 0.29) is 37.4 Å². The fraction of sp³-hybridized carbons (Fsp3) is 0.898. The maximum atomic E-state index is 13.3. The number of rotatable bonds is 48. The molecule has 0 radical (unpaired) electrons. The van der Waals surface area contributed by atoms with Crippen LogP contribution >= 0.6 is 0 Å². The van der Waals surface area contributed by atoms with Crippen LogP contribution in [-0.4, -0.2) is 37.5 Å². The van der Waals surface area contributed by atoms with Crippen LogP contribution < -0.4 is 0 Å². The van der Waals surface area contributed by atoms with Gasteiger partial charge in [-0.05, 0) is 50.4 Å². The fourth-order valence-corrected chi connectivity index (χ4v) is 9.73. The summed E-state index contributed by atoms with van der Waals surface area (Å²) < 4.78 is 10.3. The Bertz CT molecular complexity index is 1210. The number of hydrogen-bond acceptors (Lipinski definition) is 10. The number of allylic oxidation sites excluding steroid dienone is 2. The Kier molecular flexibility index (Phi) is 46.7. The molecule has 1 rings (SSSR count). The minimum atomic E-state index is -0.967. The van der Waals surface area contributed by atoms with Crippen molar-refractivity contribution in [3.05, 3.63) is 12.2 Å². The molecule has 10 nitrogen and oxygen atoms in total. The van der Waals surface area contributed by atoms with E-state index in [2.05, 4.69) is 42.7 Å². The van der Waals surface area contributed by atoms with Crippen molar-refractivity contribution >= 4 is 24.2 Å². The van der Waals surface area contributed by atoms with Crippen molar-refractivity contribution in [3.8, 4) is 0 Å². The molecule has 0 aromatic heterocycles. The SMILES string of the molecule is CCCCCCCCCCCCCCCCCCOC(=O)OOC(=O)CCCCCCCC1C=CC(CCCCCC)C(C(=O)OOC(=O)OCCCCCCCCCCCCCCCCCC)C1. The average Bonchev–Trinajstić information content (AvgIpc) is 3.35. The molecule has 69 heavy (non-hydrogen) atoms. The molecule has 0 heterocycles. The van der Waals surface area contributed by atoms with Crippen molar-refractivity contribution in [2.75, 3.05) is 13.2 Å². The molecule has 0 spiro atoms. The van der Waals surface area contributed by atoms with E-state index in [1.165, 1.54) is 173 Å². The van der Waals surface area contributed by atoms with Crippen molar-refractivity contribution in [2.45, 2.75) is 310 Å². The highest BCUT2D eigenvalue weighted by atomic mass is 17.2. The van der Waals surface area contributed by atoms with Gasteiger partial charge in [0.2, 0.25) is 0 Å². The van der Waals surface area contributed by atoms with Crippen LogP contribution in [0.1, 0.15) is 310 Å². The van der Waals surface area contributed by atoms with E-state index >= 15 is 0 Å². The van der Waals surface area contributed by atoms with Crippen LogP contribution in [0.15, 0.2) is 12.2 Å². The zero-order chi connectivity index (χ0) is 49.9. The third-order valence-electron chi connectivity index (χ3n) is 14.2. The summed E-state index contributed by atoms with van der Waals surface area (Å²) in [5.41, 5.74) is 0. The Morgan fingerprint density at radius 3 is 1.12 bits per heavy atom. The lowest BCUT2D eigenvalue weighted by Gasteiger charge is -2.30. The van der Waals surface area contributed by atoms with Gasteiger partial charge in [0.05, 0.1) is 25.6 Å². The Morgan fingerprint density at radius 1 is 0.362 bits per heavy atom. The molecule has 0 amide bonds. The second-order valence-electron chi connectivity index (χ2n) is 20.6. The summed E-state index contributed by atoms with van der Waals surface area (Å²) in [6, 6.07) is 0. The lowest BCUT2D eigenvalue weighted by molar-refractivity contribution is -0.249. The molecule has 3 unspecified atom stereocenters. The topological polar surface area (TPSA) is 124 Å². The molecule has 0 fully saturated rings. The van der Waals surface area contributed by atoms with Gasteiger partial charge in [-0.25, -0.2) is 29.1 Å². The lowest BCUT2D eigenvalue weighted by Crippen LogP contribution is -2.30. The first-order valence-electron chi connectivity index (χ1n) is 29.7. The van der Waals surface area contributed by atoms with Crippen LogP contribution in [-0.2, 0) is 38.6 Å². The van der Waals surface area contributed by atoms with Gasteiger partial charge < -0.3 is 9.47 Å². The summed E-state index contributed by atoms with van der Waals surface area (Å²) in [6.45, 7) is 7.25. The van der Waals surface area contributed by atoms with Gasteiger partial charge in [0.15, 0.2) is 0 Å². The van der Waals surface area contributed by atoms with Crippen LogP contribution in [0.5, 0.6) is 0 Å². The van der Waals surface area contributed by atoms with E-state index in [9.17, 15) is 19.2 Å². The third kappa shape index (κ3) is 42.6. The minimum absolute atomic E-state index is 0.0598. The van der Waals surface area contributed by atoms with E-state index in [0.717, 1.165) is 96.3 Å². The first-order chi connectivity index (χ1) is 33.9. The van der Waals surface area contributed by atoms with Crippen molar-refractivity contribution in [2.24, 2.45) is 17.8 Å². The van der Waals surface area contributed by atoms with Crippen LogP contribution in [0.25, 0.3) is 0 Å². The molecule has 0 aromatic carbocycles. The van der Waals surface area contributed by atoms with Gasteiger partial charge >= 0.3 is 24.2 Å². The quantitative estimate of drug-likeness (QED) is 0.0191. The van der Waals surface area contributed by atoms with Crippen molar-refractivity contribution in [1.82, 2.24) is 0 Å². The highest BCUT2D eigenvalue weighted by Crippen LogP contribution is 2.35.